The van der Waals surface area contributed by atoms with Crippen LogP contribution in [-0.4, -0.2) is 31.6 Å². The predicted octanol–water partition coefficient (Wildman–Crippen LogP) is 5.18. The molecule has 32 heavy (non-hydrogen) atoms. The maximum atomic E-state index is 13.9. The van der Waals surface area contributed by atoms with Crippen molar-refractivity contribution in [1.82, 2.24) is 19.9 Å². The van der Waals surface area contributed by atoms with Gasteiger partial charge in [-0.3, -0.25) is 0 Å². The Kier molecular flexibility index (Phi) is 4.66. The topological polar surface area (TPSA) is 86.7 Å². The van der Waals surface area contributed by atoms with Gasteiger partial charge < -0.3 is 15.4 Å². The number of anilines is 1. The first-order valence-corrected chi connectivity index (χ1v) is 11.7. The van der Waals surface area contributed by atoms with Crippen LogP contribution in [-0.2, 0) is 12.8 Å². The zero-order valence-corrected chi connectivity index (χ0v) is 18.1. The molecule has 4 aliphatic rings. The minimum Gasteiger partial charge on any atom is -0.513 e. The minimum atomic E-state index is -0.375. The summed E-state index contributed by atoms with van der Waals surface area (Å²) in [6.07, 6.45) is 10.9. The molecular weight excluding hydrogens is 405 g/mol. The number of hydrogen-bond acceptors (Lipinski definition) is 5. The largest absolute Gasteiger partial charge is 0.513 e. The number of aliphatic hydroxyl groups is 1. The SMILES string of the molecule is C=C(O)[C@H]1C2CCC(CC2)[C@@H]1CNc1nc(-c2c[nH]c3ncc(F)cc23)nc2c1CCC2. The first-order valence-electron chi connectivity index (χ1n) is 11.7. The molecule has 0 unspecified atom stereocenters. The van der Waals surface area contributed by atoms with Crippen LogP contribution < -0.4 is 5.32 Å². The van der Waals surface area contributed by atoms with Crippen molar-refractivity contribution >= 4 is 16.9 Å². The third-order valence-electron chi connectivity index (χ3n) is 7.95. The molecule has 3 aromatic rings. The van der Waals surface area contributed by atoms with Gasteiger partial charge in [0.05, 0.1) is 12.0 Å². The summed E-state index contributed by atoms with van der Waals surface area (Å²) in [4.78, 5) is 17.0. The standard InChI is InChI=1S/C25H28FN5O/c1-13(32)22-15-7-5-14(6-8-15)19(22)11-29-24-17-3-2-4-21(17)30-25(31-24)20-12-28-23-18(20)9-16(26)10-27-23/h9-10,12,14-15,19,22,32H,1-8,11H2,(H,27,28)(H,29,30,31)/t14?,15?,19-,22-/m0/s1. The molecule has 0 aromatic carbocycles. The first-order chi connectivity index (χ1) is 15.6. The average molecular weight is 434 g/mol. The Morgan fingerprint density at radius 1 is 1.19 bits per heavy atom. The summed E-state index contributed by atoms with van der Waals surface area (Å²) in [6.45, 7) is 4.68. The Labute approximate surface area is 186 Å². The molecule has 0 saturated heterocycles. The molecule has 3 N–H and O–H groups in total. The van der Waals surface area contributed by atoms with Gasteiger partial charge in [-0.25, -0.2) is 19.3 Å². The monoisotopic (exact) mass is 433 g/mol. The van der Waals surface area contributed by atoms with Crippen molar-refractivity contribution in [1.29, 1.82) is 0 Å². The molecular formula is C25H28FN5O. The maximum Gasteiger partial charge on any atom is 0.164 e. The van der Waals surface area contributed by atoms with E-state index >= 15 is 0 Å². The fraction of sp³-hybridized carbons (Fsp3) is 0.480. The number of rotatable bonds is 5. The molecule has 3 saturated carbocycles. The van der Waals surface area contributed by atoms with E-state index in [0.29, 0.717) is 40.4 Å². The van der Waals surface area contributed by atoms with E-state index in [2.05, 4.69) is 21.9 Å². The molecule has 2 atom stereocenters. The van der Waals surface area contributed by atoms with Crippen LogP contribution in [0, 0.1) is 29.5 Å². The minimum absolute atomic E-state index is 0.173. The number of H-pyrrole nitrogens is 1. The van der Waals surface area contributed by atoms with Crippen molar-refractivity contribution in [3.63, 3.8) is 0 Å². The van der Waals surface area contributed by atoms with Crippen LogP contribution in [0.3, 0.4) is 0 Å². The number of nitrogens with zero attached hydrogens (tertiary/aromatic N) is 3. The molecule has 3 aromatic heterocycles. The number of pyridine rings is 1. The summed E-state index contributed by atoms with van der Waals surface area (Å²) < 4.78 is 13.9. The quantitative estimate of drug-likeness (QED) is 0.483. The molecule has 7 heteroatoms. The van der Waals surface area contributed by atoms with Gasteiger partial charge in [0.25, 0.3) is 0 Å². The number of hydrogen-bond donors (Lipinski definition) is 3. The lowest BCUT2D eigenvalue weighted by atomic mass is 9.58. The van der Waals surface area contributed by atoms with Crippen LogP contribution in [0.4, 0.5) is 10.2 Å². The van der Waals surface area contributed by atoms with E-state index in [9.17, 15) is 9.50 Å². The number of aliphatic hydroxyl groups excluding tert-OH is 1. The molecule has 3 fully saturated rings. The second-order valence-corrected chi connectivity index (χ2v) is 9.66. The number of aromatic nitrogens is 4. The van der Waals surface area contributed by atoms with Crippen LogP contribution in [0.1, 0.15) is 43.4 Å². The van der Waals surface area contributed by atoms with Gasteiger partial charge in [-0.05, 0) is 68.8 Å². The fourth-order valence-corrected chi connectivity index (χ4v) is 6.46. The van der Waals surface area contributed by atoms with Gasteiger partial charge in [-0.2, -0.15) is 0 Å². The Bertz CT molecular complexity index is 1200. The Morgan fingerprint density at radius 3 is 2.81 bits per heavy atom. The van der Waals surface area contributed by atoms with Gasteiger partial charge in [-0.15, -0.1) is 0 Å². The number of fused-ring (bicyclic) bond motifs is 5. The maximum absolute atomic E-state index is 13.9. The Balaban J connectivity index is 1.34. The highest BCUT2D eigenvalue weighted by Crippen LogP contribution is 2.50. The lowest BCUT2D eigenvalue weighted by Gasteiger charge is -2.48. The normalized spacial score (nSPS) is 26.4. The number of halogens is 1. The highest BCUT2D eigenvalue weighted by atomic mass is 19.1. The van der Waals surface area contributed by atoms with E-state index in [4.69, 9.17) is 9.97 Å². The Morgan fingerprint density at radius 2 is 2.00 bits per heavy atom. The van der Waals surface area contributed by atoms with Crippen LogP contribution in [0.2, 0.25) is 0 Å². The summed E-state index contributed by atoms with van der Waals surface area (Å²) in [5.74, 6) is 3.16. The highest BCUT2D eigenvalue weighted by molar-refractivity contribution is 5.91. The summed E-state index contributed by atoms with van der Waals surface area (Å²) in [5.41, 5.74) is 3.66. The number of nitrogens with one attached hydrogen (secondary N) is 2. The number of aryl methyl sites for hydroxylation is 1. The summed E-state index contributed by atoms with van der Waals surface area (Å²) >= 11 is 0. The summed E-state index contributed by atoms with van der Waals surface area (Å²) in [7, 11) is 0. The lowest BCUT2D eigenvalue weighted by molar-refractivity contribution is 0.0291. The van der Waals surface area contributed by atoms with Crippen molar-refractivity contribution in [3.05, 3.63) is 47.9 Å². The fourth-order valence-electron chi connectivity index (χ4n) is 6.46. The lowest BCUT2D eigenvalue weighted by Crippen LogP contribution is -2.44. The molecule has 2 bridgehead atoms. The average Bonchev–Trinajstić information content (AvgIpc) is 3.44. The van der Waals surface area contributed by atoms with E-state index in [-0.39, 0.29) is 11.7 Å². The van der Waals surface area contributed by atoms with E-state index < -0.39 is 0 Å². The summed E-state index contributed by atoms with van der Waals surface area (Å²) in [6, 6.07) is 1.48. The van der Waals surface area contributed by atoms with Crippen molar-refractivity contribution < 1.29 is 9.50 Å². The second-order valence-electron chi connectivity index (χ2n) is 9.66. The molecule has 3 heterocycles. The van der Waals surface area contributed by atoms with Gasteiger partial charge >= 0.3 is 0 Å². The van der Waals surface area contributed by atoms with E-state index in [0.717, 1.165) is 42.9 Å². The van der Waals surface area contributed by atoms with Crippen LogP contribution in [0.15, 0.2) is 30.8 Å². The van der Waals surface area contributed by atoms with Gasteiger partial charge in [0, 0.05) is 40.9 Å². The van der Waals surface area contributed by atoms with Crippen molar-refractivity contribution in [3.8, 4) is 11.4 Å². The Hall–Kier alpha value is -2.96. The van der Waals surface area contributed by atoms with Gasteiger partial charge in [0.15, 0.2) is 5.82 Å². The second kappa shape index (κ2) is 7.57. The van der Waals surface area contributed by atoms with E-state index in [1.807, 2.05) is 6.20 Å². The highest BCUT2D eigenvalue weighted by Gasteiger charge is 2.44. The molecule has 4 aliphatic carbocycles. The van der Waals surface area contributed by atoms with Crippen LogP contribution >= 0.6 is 0 Å². The van der Waals surface area contributed by atoms with Crippen molar-refractivity contribution in [2.75, 3.05) is 11.9 Å². The predicted molar refractivity (Wildman–Crippen MR) is 122 cm³/mol. The molecule has 0 radical (unpaired) electrons. The molecule has 166 valence electrons. The third kappa shape index (κ3) is 3.17. The van der Waals surface area contributed by atoms with Crippen LogP contribution in [0.5, 0.6) is 0 Å². The number of allylic oxidation sites excluding steroid dienone is 1. The summed E-state index contributed by atoms with van der Waals surface area (Å²) in [5, 5.41) is 14.7. The van der Waals surface area contributed by atoms with Gasteiger partial charge in [-0.1, -0.05) is 6.58 Å². The van der Waals surface area contributed by atoms with Crippen LogP contribution in [0.25, 0.3) is 22.4 Å². The van der Waals surface area contributed by atoms with Gasteiger partial charge in [0.2, 0.25) is 0 Å². The van der Waals surface area contributed by atoms with Crippen molar-refractivity contribution in [2.24, 2.45) is 23.7 Å². The molecule has 0 amide bonds. The zero-order valence-electron chi connectivity index (χ0n) is 18.1. The molecule has 0 aliphatic heterocycles. The van der Waals surface area contributed by atoms with Gasteiger partial charge in [0.1, 0.15) is 17.3 Å². The molecule has 6 nitrogen and oxygen atoms in total. The molecule has 7 rings (SSSR count). The third-order valence-corrected chi connectivity index (χ3v) is 7.95. The van der Waals surface area contributed by atoms with E-state index in [1.54, 1.807) is 0 Å². The molecule has 0 spiro atoms. The van der Waals surface area contributed by atoms with Crippen molar-refractivity contribution in [2.45, 2.75) is 44.9 Å². The smallest absolute Gasteiger partial charge is 0.164 e. The van der Waals surface area contributed by atoms with E-state index in [1.165, 1.54) is 43.5 Å². The zero-order chi connectivity index (χ0) is 21.8. The number of aromatic amines is 1. The first kappa shape index (κ1) is 19.7.